The number of carbonyl (C=O) groups is 1. The molecule has 1 aromatic heterocycles. The van der Waals surface area contributed by atoms with Crippen molar-refractivity contribution in [2.24, 2.45) is 0 Å². The van der Waals surface area contributed by atoms with E-state index in [2.05, 4.69) is 10.3 Å². The molecule has 6 heteroatoms. The number of aromatic nitrogens is 1. The number of carbonyl (C=O) groups excluding carboxylic acids is 1. The highest BCUT2D eigenvalue weighted by Gasteiger charge is 2.29. The first-order valence-electron chi connectivity index (χ1n) is 8.14. The molecule has 2 aromatic rings. The van der Waals surface area contributed by atoms with Crippen molar-refractivity contribution in [3.05, 3.63) is 83.3 Å². The number of hydrogen-bond acceptors (Lipinski definition) is 3. The largest absolute Gasteiger partial charge is 0.351 e. The van der Waals surface area contributed by atoms with Crippen molar-refractivity contribution in [3.8, 4) is 0 Å². The molecule has 1 aliphatic carbocycles. The molecule has 1 aromatic carbocycles. The third-order valence-electron chi connectivity index (χ3n) is 3.85. The van der Waals surface area contributed by atoms with Crippen LogP contribution in [0.15, 0.2) is 66.4 Å². The van der Waals surface area contributed by atoms with Crippen LogP contribution < -0.4 is 5.32 Å². The molecule has 1 N–H and O–H groups in total. The van der Waals surface area contributed by atoms with E-state index in [0.29, 0.717) is 23.4 Å². The highest BCUT2D eigenvalue weighted by molar-refractivity contribution is 6.25. The minimum absolute atomic E-state index is 0.139. The highest BCUT2D eigenvalue weighted by Crippen LogP contribution is 2.31. The number of pyridine rings is 1. The van der Waals surface area contributed by atoms with Crippen molar-refractivity contribution in [3.63, 3.8) is 0 Å². The molecule has 1 aliphatic rings. The predicted molar refractivity (Wildman–Crippen MR) is 99.2 cm³/mol. The summed E-state index contributed by atoms with van der Waals surface area (Å²) in [6.45, 7) is 2.06. The lowest BCUT2D eigenvalue weighted by atomic mass is 10.0. The molecule has 1 heterocycles. The number of nitrogens with one attached hydrogen (secondary N) is 1. The molecular formula is C20H18ClFN2O2. The molecular weight excluding hydrogens is 355 g/mol. The summed E-state index contributed by atoms with van der Waals surface area (Å²) in [6.07, 6.45) is 7.11. The van der Waals surface area contributed by atoms with Gasteiger partial charge in [-0.15, -0.1) is 0 Å². The molecule has 0 saturated carbocycles. The van der Waals surface area contributed by atoms with Crippen LogP contribution in [0.2, 0.25) is 0 Å². The molecule has 0 aliphatic heterocycles. The first-order valence-corrected chi connectivity index (χ1v) is 8.52. The molecule has 1 atom stereocenters. The van der Waals surface area contributed by atoms with Gasteiger partial charge in [0.1, 0.15) is 11.6 Å². The van der Waals surface area contributed by atoms with E-state index in [1.807, 2.05) is 13.0 Å². The second-order valence-electron chi connectivity index (χ2n) is 6.09. The maximum absolute atomic E-state index is 13.3. The van der Waals surface area contributed by atoms with Crippen molar-refractivity contribution >= 4 is 23.3 Å². The Kier molecular flexibility index (Phi) is 5.49. The zero-order valence-corrected chi connectivity index (χ0v) is 15.0. The Bertz CT molecular complexity index is 864. The number of hydrogen-bond donors (Lipinski definition) is 1. The van der Waals surface area contributed by atoms with Crippen molar-refractivity contribution in [1.82, 2.24) is 4.98 Å². The van der Waals surface area contributed by atoms with Crippen LogP contribution in [-0.2, 0) is 16.1 Å². The van der Waals surface area contributed by atoms with Crippen molar-refractivity contribution in [2.75, 3.05) is 5.32 Å². The lowest BCUT2D eigenvalue weighted by Crippen LogP contribution is -2.27. The SMILES string of the molecule is Cc1ccc(NC(=O)C2=CC(Cl)(OCc3cccc(F)c3)CC=C2)nc1. The van der Waals surface area contributed by atoms with E-state index in [4.69, 9.17) is 16.3 Å². The lowest BCUT2D eigenvalue weighted by molar-refractivity contribution is -0.112. The molecule has 0 saturated heterocycles. The van der Waals surface area contributed by atoms with Gasteiger partial charge in [-0.1, -0.05) is 42.0 Å². The fourth-order valence-corrected chi connectivity index (χ4v) is 2.75. The standard InChI is InChI=1S/C20H18ClFN2O2/c1-14-7-8-18(23-12-14)24-19(25)16-5-3-9-20(21,11-16)26-13-15-4-2-6-17(22)10-15/h2-8,10-12H,9,13H2,1H3,(H,23,24,25). The van der Waals surface area contributed by atoms with E-state index in [9.17, 15) is 9.18 Å². The average molecular weight is 373 g/mol. The predicted octanol–water partition coefficient (Wildman–Crippen LogP) is 4.51. The quantitative estimate of drug-likeness (QED) is 0.786. The molecule has 134 valence electrons. The van der Waals surface area contributed by atoms with Gasteiger partial charge in [0.05, 0.1) is 6.61 Å². The number of benzene rings is 1. The smallest absolute Gasteiger partial charge is 0.256 e. The number of amides is 1. The van der Waals surface area contributed by atoms with E-state index in [1.54, 1.807) is 42.6 Å². The average Bonchev–Trinajstić information content (AvgIpc) is 2.62. The van der Waals surface area contributed by atoms with E-state index in [-0.39, 0.29) is 18.3 Å². The molecule has 4 nitrogen and oxygen atoms in total. The summed E-state index contributed by atoms with van der Waals surface area (Å²) in [5.74, 6) is -0.197. The Morgan fingerprint density at radius 3 is 2.96 bits per heavy atom. The van der Waals surface area contributed by atoms with Gasteiger partial charge in [-0.2, -0.15) is 0 Å². The zero-order chi connectivity index (χ0) is 18.6. The number of aryl methyl sites for hydroxylation is 1. The van der Waals surface area contributed by atoms with Gasteiger partial charge in [-0.3, -0.25) is 4.79 Å². The summed E-state index contributed by atoms with van der Waals surface area (Å²) in [5, 5.41) is 1.57. The van der Waals surface area contributed by atoms with Crippen LogP contribution in [0, 0.1) is 12.7 Å². The maximum atomic E-state index is 13.3. The van der Waals surface area contributed by atoms with E-state index in [1.165, 1.54) is 12.1 Å². The van der Waals surface area contributed by atoms with E-state index < -0.39 is 5.06 Å². The Morgan fingerprint density at radius 2 is 2.23 bits per heavy atom. The summed E-state index contributed by atoms with van der Waals surface area (Å²) in [5.41, 5.74) is 2.06. The van der Waals surface area contributed by atoms with Gasteiger partial charge in [0, 0.05) is 18.2 Å². The number of anilines is 1. The first kappa shape index (κ1) is 18.3. The van der Waals surface area contributed by atoms with Gasteiger partial charge in [0.2, 0.25) is 0 Å². The van der Waals surface area contributed by atoms with Gasteiger partial charge in [-0.25, -0.2) is 9.37 Å². The van der Waals surface area contributed by atoms with E-state index in [0.717, 1.165) is 5.56 Å². The first-order chi connectivity index (χ1) is 12.4. The number of ether oxygens (including phenoxy) is 1. The summed E-state index contributed by atoms with van der Waals surface area (Å²) in [6, 6.07) is 9.71. The van der Waals surface area contributed by atoms with Crippen LogP contribution in [0.25, 0.3) is 0 Å². The molecule has 0 radical (unpaired) electrons. The number of rotatable bonds is 5. The summed E-state index contributed by atoms with van der Waals surface area (Å²) in [7, 11) is 0. The molecule has 1 unspecified atom stereocenters. The summed E-state index contributed by atoms with van der Waals surface area (Å²) in [4.78, 5) is 16.6. The second kappa shape index (κ2) is 7.81. The van der Waals surface area contributed by atoms with Gasteiger partial charge in [0.15, 0.2) is 5.06 Å². The van der Waals surface area contributed by atoms with Crippen LogP contribution in [0.1, 0.15) is 17.5 Å². The minimum Gasteiger partial charge on any atom is -0.351 e. The zero-order valence-electron chi connectivity index (χ0n) is 14.2. The molecule has 0 spiro atoms. The molecule has 0 bridgehead atoms. The number of nitrogens with zero attached hydrogens (tertiary/aromatic N) is 1. The second-order valence-corrected chi connectivity index (χ2v) is 6.73. The van der Waals surface area contributed by atoms with Gasteiger partial charge in [-0.05, 0) is 42.3 Å². The normalized spacial score (nSPS) is 19.1. The Balaban J connectivity index is 1.67. The molecule has 1 amide bonds. The summed E-state index contributed by atoms with van der Waals surface area (Å²) < 4.78 is 19.0. The molecule has 0 fully saturated rings. The van der Waals surface area contributed by atoms with Crippen molar-refractivity contribution in [1.29, 1.82) is 0 Å². The molecule has 26 heavy (non-hydrogen) atoms. The van der Waals surface area contributed by atoms with Crippen LogP contribution in [-0.4, -0.2) is 16.0 Å². The van der Waals surface area contributed by atoms with Gasteiger partial charge < -0.3 is 10.1 Å². The van der Waals surface area contributed by atoms with Gasteiger partial charge >= 0.3 is 0 Å². The minimum atomic E-state index is -1.16. The maximum Gasteiger partial charge on any atom is 0.256 e. The third-order valence-corrected chi connectivity index (χ3v) is 4.22. The topological polar surface area (TPSA) is 51.2 Å². The van der Waals surface area contributed by atoms with Gasteiger partial charge in [0.25, 0.3) is 5.91 Å². The monoisotopic (exact) mass is 372 g/mol. The van der Waals surface area contributed by atoms with E-state index >= 15 is 0 Å². The number of alkyl halides is 1. The van der Waals surface area contributed by atoms with Crippen LogP contribution in [0.3, 0.4) is 0 Å². The van der Waals surface area contributed by atoms with Crippen LogP contribution >= 0.6 is 11.6 Å². The van der Waals surface area contributed by atoms with Crippen LogP contribution in [0.5, 0.6) is 0 Å². The molecule has 3 rings (SSSR count). The summed E-state index contributed by atoms with van der Waals surface area (Å²) >= 11 is 6.49. The highest BCUT2D eigenvalue weighted by atomic mass is 35.5. The van der Waals surface area contributed by atoms with Crippen molar-refractivity contribution in [2.45, 2.75) is 25.0 Å². The fourth-order valence-electron chi connectivity index (χ4n) is 2.49. The lowest BCUT2D eigenvalue weighted by Gasteiger charge is -2.26. The third kappa shape index (κ3) is 4.77. The Hall–Kier alpha value is -2.50. The van der Waals surface area contributed by atoms with Crippen LogP contribution in [0.4, 0.5) is 10.2 Å². The Labute approximate surface area is 156 Å². The van der Waals surface area contributed by atoms with Crippen molar-refractivity contribution < 1.29 is 13.9 Å². The number of halogens is 2. The fraction of sp³-hybridized carbons (Fsp3) is 0.200. The Morgan fingerprint density at radius 1 is 1.38 bits per heavy atom.